The Balaban J connectivity index is 1.59. The number of likely N-dealkylation sites (N-methyl/N-ethyl adjacent to an activating group) is 1. The summed E-state index contributed by atoms with van der Waals surface area (Å²) in [5, 5.41) is 0. The van der Waals surface area contributed by atoms with Gasteiger partial charge in [-0.05, 0) is 48.5 Å². The van der Waals surface area contributed by atoms with Gasteiger partial charge in [0.15, 0.2) is 0 Å². The number of imide groups is 1. The lowest BCUT2D eigenvalue weighted by atomic mass is 10.3. The first-order chi connectivity index (χ1) is 13.8. The van der Waals surface area contributed by atoms with E-state index in [1.54, 1.807) is 7.11 Å². The number of ether oxygens (including phenoxy) is 1. The lowest BCUT2D eigenvalue weighted by Gasteiger charge is -2.20. The smallest absolute Gasteiger partial charge is 0.240 e. The van der Waals surface area contributed by atoms with E-state index in [1.807, 2.05) is 36.2 Å². The summed E-state index contributed by atoms with van der Waals surface area (Å²) in [6.07, 6.45) is 0.365. The van der Waals surface area contributed by atoms with Crippen LogP contribution in [-0.4, -0.2) is 47.5 Å². The monoisotopic (exact) mass is 417 g/mol. The van der Waals surface area contributed by atoms with Gasteiger partial charge < -0.3 is 9.64 Å². The molecule has 1 N–H and O–H groups in total. The maximum absolute atomic E-state index is 12.5. The summed E-state index contributed by atoms with van der Waals surface area (Å²) < 4.78 is 32.7. The first-order valence-corrected chi connectivity index (χ1v) is 10.6. The summed E-state index contributed by atoms with van der Waals surface area (Å²) in [5.74, 6) is 0.208. The maximum atomic E-state index is 12.5. The van der Waals surface area contributed by atoms with Gasteiger partial charge in [-0.15, -0.1) is 0 Å². The van der Waals surface area contributed by atoms with E-state index < -0.39 is 10.0 Å². The minimum atomic E-state index is -3.70. The molecule has 1 aliphatic rings. The topological polar surface area (TPSA) is 96.0 Å². The molecule has 0 spiro atoms. The second-order valence-electron chi connectivity index (χ2n) is 6.63. The van der Waals surface area contributed by atoms with E-state index >= 15 is 0 Å². The standard InChI is InChI=1S/C20H23N3O5S/c1-22(15-3-7-17(28-2)8-4-15)14-13-21-29(26,27)18-9-5-16(6-10-18)23-19(24)11-12-20(23)25/h3-10,21H,11-14H2,1-2H3. The predicted molar refractivity (Wildman–Crippen MR) is 110 cm³/mol. The van der Waals surface area contributed by atoms with Gasteiger partial charge in [0.05, 0.1) is 17.7 Å². The summed E-state index contributed by atoms with van der Waals surface area (Å²) >= 11 is 0. The van der Waals surface area contributed by atoms with Crippen LogP contribution in [0, 0.1) is 0 Å². The zero-order chi connectivity index (χ0) is 21.0. The minimum absolute atomic E-state index is 0.0763. The first-order valence-electron chi connectivity index (χ1n) is 9.12. The molecule has 0 bridgehead atoms. The fourth-order valence-electron chi connectivity index (χ4n) is 3.04. The fourth-order valence-corrected chi connectivity index (χ4v) is 4.06. The fraction of sp³-hybridized carbons (Fsp3) is 0.300. The number of sulfonamides is 1. The Morgan fingerprint density at radius 2 is 1.59 bits per heavy atom. The van der Waals surface area contributed by atoms with Crippen LogP contribution in [0.2, 0.25) is 0 Å². The van der Waals surface area contributed by atoms with Crippen LogP contribution in [-0.2, 0) is 19.6 Å². The molecule has 2 amide bonds. The summed E-state index contributed by atoms with van der Waals surface area (Å²) in [4.78, 5) is 26.7. The van der Waals surface area contributed by atoms with Crippen molar-refractivity contribution in [2.75, 3.05) is 37.0 Å². The van der Waals surface area contributed by atoms with Crippen LogP contribution in [0.1, 0.15) is 12.8 Å². The number of carbonyl (C=O) groups is 2. The average Bonchev–Trinajstić information content (AvgIpc) is 3.06. The number of rotatable bonds is 8. The van der Waals surface area contributed by atoms with Crippen LogP contribution >= 0.6 is 0 Å². The molecule has 154 valence electrons. The van der Waals surface area contributed by atoms with Gasteiger partial charge in [0, 0.05) is 38.7 Å². The lowest BCUT2D eigenvalue weighted by molar-refractivity contribution is -0.121. The van der Waals surface area contributed by atoms with Gasteiger partial charge in [0.2, 0.25) is 21.8 Å². The van der Waals surface area contributed by atoms with Gasteiger partial charge in [0.1, 0.15) is 5.75 Å². The zero-order valence-corrected chi connectivity index (χ0v) is 17.1. The molecule has 1 heterocycles. The lowest BCUT2D eigenvalue weighted by Crippen LogP contribution is -2.33. The molecule has 29 heavy (non-hydrogen) atoms. The number of anilines is 2. The molecular weight excluding hydrogens is 394 g/mol. The van der Waals surface area contributed by atoms with E-state index in [9.17, 15) is 18.0 Å². The van der Waals surface area contributed by atoms with Gasteiger partial charge >= 0.3 is 0 Å². The van der Waals surface area contributed by atoms with E-state index in [4.69, 9.17) is 4.74 Å². The Kier molecular flexibility index (Phi) is 6.19. The van der Waals surface area contributed by atoms with E-state index in [-0.39, 0.29) is 36.1 Å². The van der Waals surface area contributed by atoms with Crippen molar-refractivity contribution in [1.29, 1.82) is 0 Å². The molecule has 1 saturated heterocycles. The van der Waals surface area contributed by atoms with E-state index in [2.05, 4.69) is 4.72 Å². The van der Waals surface area contributed by atoms with Crippen LogP contribution in [0.3, 0.4) is 0 Å². The van der Waals surface area contributed by atoms with Crippen molar-refractivity contribution in [2.45, 2.75) is 17.7 Å². The Labute approximate surface area is 170 Å². The molecule has 0 saturated carbocycles. The van der Waals surface area contributed by atoms with Crippen molar-refractivity contribution in [3.05, 3.63) is 48.5 Å². The number of nitrogens with one attached hydrogen (secondary N) is 1. The van der Waals surface area contributed by atoms with Crippen LogP contribution in [0.4, 0.5) is 11.4 Å². The van der Waals surface area contributed by atoms with Gasteiger partial charge in [-0.1, -0.05) is 0 Å². The Bertz CT molecular complexity index is 972. The highest BCUT2D eigenvalue weighted by Gasteiger charge is 2.30. The van der Waals surface area contributed by atoms with E-state index in [1.165, 1.54) is 24.3 Å². The second kappa shape index (κ2) is 8.62. The predicted octanol–water partition coefficient (Wildman–Crippen LogP) is 1.76. The molecule has 0 radical (unpaired) electrons. The third-order valence-corrected chi connectivity index (χ3v) is 6.19. The summed E-state index contributed by atoms with van der Waals surface area (Å²) in [6, 6.07) is 13.2. The molecule has 2 aromatic carbocycles. The Morgan fingerprint density at radius 1 is 1.00 bits per heavy atom. The van der Waals surface area contributed by atoms with Gasteiger partial charge in [-0.25, -0.2) is 13.1 Å². The first kappa shape index (κ1) is 20.8. The number of nitrogens with zero attached hydrogens (tertiary/aromatic N) is 2. The number of hydrogen-bond acceptors (Lipinski definition) is 6. The third-order valence-electron chi connectivity index (χ3n) is 4.71. The summed E-state index contributed by atoms with van der Waals surface area (Å²) in [7, 11) is -0.233. The quantitative estimate of drug-likeness (QED) is 0.658. The van der Waals surface area contributed by atoms with Crippen LogP contribution in [0.25, 0.3) is 0 Å². The largest absolute Gasteiger partial charge is 0.497 e. The number of carbonyl (C=O) groups excluding carboxylic acids is 2. The molecule has 2 aromatic rings. The van der Waals surface area contributed by atoms with Crippen molar-refractivity contribution in [1.82, 2.24) is 4.72 Å². The number of amides is 2. The van der Waals surface area contributed by atoms with Crippen LogP contribution in [0.15, 0.2) is 53.4 Å². The van der Waals surface area contributed by atoms with Crippen LogP contribution < -0.4 is 19.3 Å². The number of methoxy groups -OCH3 is 1. The third kappa shape index (κ3) is 4.75. The molecule has 0 aromatic heterocycles. The van der Waals surface area contributed by atoms with Crippen molar-refractivity contribution >= 4 is 33.2 Å². The highest BCUT2D eigenvalue weighted by Crippen LogP contribution is 2.24. The molecule has 0 aliphatic carbocycles. The maximum Gasteiger partial charge on any atom is 0.240 e. The SMILES string of the molecule is COc1ccc(N(C)CCNS(=O)(=O)c2ccc(N3C(=O)CCC3=O)cc2)cc1. The minimum Gasteiger partial charge on any atom is -0.497 e. The Hall–Kier alpha value is -2.91. The highest BCUT2D eigenvalue weighted by molar-refractivity contribution is 7.89. The average molecular weight is 417 g/mol. The van der Waals surface area contributed by atoms with Gasteiger partial charge in [-0.3, -0.25) is 14.5 Å². The van der Waals surface area contributed by atoms with Crippen molar-refractivity contribution in [3.63, 3.8) is 0 Å². The normalized spacial score (nSPS) is 14.3. The molecule has 3 rings (SSSR count). The molecule has 9 heteroatoms. The molecule has 8 nitrogen and oxygen atoms in total. The van der Waals surface area contributed by atoms with E-state index in [0.29, 0.717) is 12.2 Å². The number of benzene rings is 2. The zero-order valence-electron chi connectivity index (χ0n) is 16.3. The van der Waals surface area contributed by atoms with Crippen LogP contribution in [0.5, 0.6) is 5.75 Å². The molecule has 1 aliphatic heterocycles. The second-order valence-corrected chi connectivity index (χ2v) is 8.40. The molecule has 1 fully saturated rings. The van der Waals surface area contributed by atoms with Gasteiger partial charge in [0.25, 0.3) is 0 Å². The molecular formula is C20H23N3O5S. The van der Waals surface area contributed by atoms with Gasteiger partial charge in [-0.2, -0.15) is 0 Å². The van der Waals surface area contributed by atoms with E-state index in [0.717, 1.165) is 16.3 Å². The molecule has 0 unspecified atom stereocenters. The highest BCUT2D eigenvalue weighted by atomic mass is 32.2. The molecule has 0 atom stereocenters. The van der Waals surface area contributed by atoms with Crippen molar-refractivity contribution in [2.24, 2.45) is 0 Å². The Morgan fingerprint density at radius 3 is 2.14 bits per heavy atom. The number of hydrogen-bond donors (Lipinski definition) is 1. The van der Waals surface area contributed by atoms with Crippen molar-refractivity contribution in [3.8, 4) is 5.75 Å². The van der Waals surface area contributed by atoms with Crippen molar-refractivity contribution < 1.29 is 22.7 Å². The summed E-state index contributed by atoms with van der Waals surface area (Å²) in [6.45, 7) is 0.691. The summed E-state index contributed by atoms with van der Waals surface area (Å²) in [5.41, 5.74) is 1.32.